The molecule has 0 aromatic carbocycles. The van der Waals surface area contributed by atoms with Crippen LogP contribution in [0.5, 0.6) is 0 Å². The molecule has 2 aromatic heterocycles. The number of hydrogen-bond acceptors (Lipinski definition) is 4. The summed E-state index contributed by atoms with van der Waals surface area (Å²) in [5.74, 6) is 1.53. The Kier molecular flexibility index (Phi) is 7.71. The van der Waals surface area contributed by atoms with Crippen LogP contribution >= 0.6 is 24.0 Å². The van der Waals surface area contributed by atoms with Crippen LogP contribution in [-0.4, -0.2) is 23.0 Å². The summed E-state index contributed by atoms with van der Waals surface area (Å²) in [5.41, 5.74) is -0.291. The van der Waals surface area contributed by atoms with Gasteiger partial charge in [0.15, 0.2) is 5.96 Å². The van der Waals surface area contributed by atoms with Crippen LogP contribution < -0.4 is 10.6 Å². The van der Waals surface area contributed by atoms with Crippen molar-refractivity contribution >= 4 is 29.9 Å². The molecule has 0 aliphatic rings. The second kappa shape index (κ2) is 9.28. The van der Waals surface area contributed by atoms with E-state index >= 15 is 0 Å². The van der Waals surface area contributed by atoms with Crippen molar-refractivity contribution in [1.82, 2.24) is 20.6 Å². The standard InChI is InChI=1S/C13H15F2N5O.HI/c1-16-13(18-7-9-3-2-6-21-9)19-8-11-17-5-4-10(20-11)12(14)15;/h2-6,12H,7-8H2,1H3,(H2,16,18,19);1H. The largest absolute Gasteiger partial charge is 0.467 e. The molecule has 9 heteroatoms. The third-order valence-corrected chi connectivity index (χ3v) is 2.60. The summed E-state index contributed by atoms with van der Waals surface area (Å²) in [5, 5.41) is 5.96. The summed E-state index contributed by atoms with van der Waals surface area (Å²) in [7, 11) is 1.61. The van der Waals surface area contributed by atoms with Gasteiger partial charge in [-0.1, -0.05) is 0 Å². The van der Waals surface area contributed by atoms with Crippen LogP contribution in [0.4, 0.5) is 8.78 Å². The Morgan fingerprint density at radius 2 is 2.09 bits per heavy atom. The van der Waals surface area contributed by atoms with Gasteiger partial charge in [-0.2, -0.15) is 0 Å². The van der Waals surface area contributed by atoms with Crippen molar-refractivity contribution in [2.75, 3.05) is 7.05 Å². The van der Waals surface area contributed by atoms with Gasteiger partial charge in [0, 0.05) is 13.2 Å². The summed E-state index contributed by atoms with van der Waals surface area (Å²) >= 11 is 0. The number of guanidine groups is 1. The van der Waals surface area contributed by atoms with Gasteiger partial charge in [0.2, 0.25) is 0 Å². The molecule has 0 amide bonds. The zero-order valence-corrected chi connectivity index (χ0v) is 14.1. The minimum atomic E-state index is -2.61. The van der Waals surface area contributed by atoms with Gasteiger partial charge in [0.25, 0.3) is 6.43 Å². The lowest BCUT2D eigenvalue weighted by Crippen LogP contribution is -2.36. The SMILES string of the molecule is CN=C(NCc1nccc(C(F)F)n1)NCc1ccco1.I. The van der Waals surface area contributed by atoms with E-state index in [1.54, 1.807) is 19.4 Å². The van der Waals surface area contributed by atoms with Crippen molar-refractivity contribution in [3.63, 3.8) is 0 Å². The first-order valence-electron chi connectivity index (χ1n) is 6.26. The third-order valence-electron chi connectivity index (χ3n) is 2.60. The highest BCUT2D eigenvalue weighted by atomic mass is 127. The van der Waals surface area contributed by atoms with Crippen LogP contribution in [0, 0.1) is 0 Å². The molecule has 0 spiro atoms. The van der Waals surface area contributed by atoms with Gasteiger partial charge in [0.05, 0.1) is 19.4 Å². The Bertz CT molecular complexity index is 592. The summed E-state index contributed by atoms with van der Waals surface area (Å²) in [6, 6.07) is 4.81. The molecule has 2 heterocycles. The Balaban J connectivity index is 0.00000242. The molecule has 6 nitrogen and oxygen atoms in total. The molecular formula is C13H16F2IN5O. The topological polar surface area (TPSA) is 75.3 Å². The summed E-state index contributed by atoms with van der Waals surface area (Å²) in [6.07, 6.45) is 0.282. The maximum Gasteiger partial charge on any atom is 0.280 e. The van der Waals surface area contributed by atoms with Crippen LogP contribution in [0.2, 0.25) is 0 Å². The predicted molar refractivity (Wildman–Crippen MR) is 88.2 cm³/mol. The fourth-order valence-electron chi connectivity index (χ4n) is 1.59. The van der Waals surface area contributed by atoms with Crippen LogP contribution in [0.15, 0.2) is 40.1 Å². The first kappa shape index (κ1) is 18.3. The second-order valence-corrected chi connectivity index (χ2v) is 4.06. The highest BCUT2D eigenvalue weighted by Crippen LogP contribution is 2.14. The molecule has 0 radical (unpaired) electrons. The highest BCUT2D eigenvalue weighted by Gasteiger charge is 2.10. The molecule has 2 aromatic rings. The van der Waals surface area contributed by atoms with Crippen LogP contribution in [0.3, 0.4) is 0 Å². The number of halogens is 3. The molecule has 2 N–H and O–H groups in total. The number of alkyl halides is 2. The van der Waals surface area contributed by atoms with E-state index in [1.165, 1.54) is 12.3 Å². The third kappa shape index (κ3) is 5.54. The van der Waals surface area contributed by atoms with E-state index in [0.29, 0.717) is 12.5 Å². The van der Waals surface area contributed by atoms with Crippen LogP contribution in [-0.2, 0) is 13.1 Å². The highest BCUT2D eigenvalue weighted by molar-refractivity contribution is 14.0. The predicted octanol–water partition coefficient (Wildman–Crippen LogP) is 2.49. The Hall–Kier alpha value is -1.78. The average molecular weight is 423 g/mol. The number of rotatable bonds is 5. The fourth-order valence-corrected chi connectivity index (χ4v) is 1.59. The van der Waals surface area contributed by atoms with Crippen molar-refractivity contribution in [3.8, 4) is 0 Å². The van der Waals surface area contributed by atoms with Gasteiger partial charge in [-0.15, -0.1) is 24.0 Å². The molecule has 0 aliphatic heterocycles. The first-order valence-corrected chi connectivity index (χ1v) is 6.26. The van der Waals surface area contributed by atoms with E-state index in [1.807, 2.05) is 6.07 Å². The Labute approximate surface area is 143 Å². The maximum atomic E-state index is 12.5. The molecule has 0 bridgehead atoms. The minimum absolute atomic E-state index is 0. The van der Waals surface area contributed by atoms with Crippen molar-refractivity contribution in [2.24, 2.45) is 4.99 Å². The van der Waals surface area contributed by atoms with Gasteiger partial charge >= 0.3 is 0 Å². The van der Waals surface area contributed by atoms with Gasteiger partial charge in [-0.05, 0) is 18.2 Å². The monoisotopic (exact) mass is 423 g/mol. The number of nitrogens with one attached hydrogen (secondary N) is 2. The van der Waals surface area contributed by atoms with Gasteiger partial charge in [0.1, 0.15) is 17.3 Å². The normalized spacial score (nSPS) is 11.2. The number of furan rings is 1. The second-order valence-electron chi connectivity index (χ2n) is 4.06. The number of aromatic nitrogens is 2. The zero-order valence-electron chi connectivity index (χ0n) is 11.8. The molecule has 0 atom stereocenters. The lowest BCUT2D eigenvalue weighted by atomic mass is 10.4. The average Bonchev–Trinajstić information content (AvgIpc) is 3.01. The lowest BCUT2D eigenvalue weighted by molar-refractivity contribution is 0.145. The van der Waals surface area contributed by atoms with E-state index in [2.05, 4.69) is 25.6 Å². The summed E-state index contributed by atoms with van der Waals surface area (Å²) < 4.78 is 30.2. The van der Waals surface area contributed by atoms with Gasteiger partial charge in [-0.25, -0.2) is 18.7 Å². The molecule has 2 rings (SSSR count). The van der Waals surface area contributed by atoms with E-state index in [9.17, 15) is 8.78 Å². The molecule has 0 fully saturated rings. The number of hydrogen-bond donors (Lipinski definition) is 2. The summed E-state index contributed by atoms with van der Waals surface area (Å²) in [4.78, 5) is 11.7. The first-order chi connectivity index (χ1) is 10.2. The van der Waals surface area contributed by atoms with E-state index in [0.717, 1.165) is 5.76 Å². The molecule has 0 aliphatic carbocycles. The molecule has 0 unspecified atom stereocenters. The summed E-state index contributed by atoms with van der Waals surface area (Å²) in [6.45, 7) is 0.656. The van der Waals surface area contributed by atoms with E-state index in [4.69, 9.17) is 4.42 Å². The minimum Gasteiger partial charge on any atom is -0.467 e. The Morgan fingerprint density at radius 1 is 1.32 bits per heavy atom. The van der Waals surface area contributed by atoms with Gasteiger partial charge in [-0.3, -0.25) is 4.99 Å². The van der Waals surface area contributed by atoms with E-state index in [-0.39, 0.29) is 42.0 Å². The lowest BCUT2D eigenvalue weighted by Gasteiger charge is -2.10. The van der Waals surface area contributed by atoms with Crippen molar-refractivity contribution < 1.29 is 13.2 Å². The van der Waals surface area contributed by atoms with Crippen molar-refractivity contribution in [1.29, 1.82) is 0 Å². The zero-order chi connectivity index (χ0) is 15.1. The number of aliphatic imine (C=N–C) groups is 1. The molecule has 120 valence electrons. The molecular weight excluding hydrogens is 407 g/mol. The fraction of sp³-hybridized carbons (Fsp3) is 0.308. The van der Waals surface area contributed by atoms with E-state index < -0.39 is 6.43 Å². The van der Waals surface area contributed by atoms with Gasteiger partial charge < -0.3 is 15.1 Å². The smallest absolute Gasteiger partial charge is 0.280 e. The molecule has 0 saturated carbocycles. The quantitative estimate of drug-likeness (QED) is 0.439. The van der Waals surface area contributed by atoms with Crippen molar-refractivity contribution in [3.05, 3.63) is 47.9 Å². The van der Waals surface area contributed by atoms with Crippen LogP contribution in [0.25, 0.3) is 0 Å². The maximum absolute atomic E-state index is 12.5. The molecule has 0 saturated heterocycles. The number of nitrogens with zero attached hydrogens (tertiary/aromatic N) is 3. The van der Waals surface area contributed by atoms with Crippen molar-refractivity contribution in [2.45, 2.75) is 19.5 Å². The molecule has 22 heavy (non-hydrogen) atoms. The van der Waals surface area contributed by atoms with Crippen LogP contribution in [0.1, 0.15) is 23.7 Å². The Morgan fingerprint density at radius 3 is 2.73 bits per heavy atom.